The summed E-state index contributed by atoms with van der Waals surface area (Å²) in [7, 11) is 0. The zero-order valence-corrected chi connectivity index (χ0v) is 20.3. The molecule has 0 saturated carbocycles. The Kier molecular flexibility index (Phi) is 7.63. The Labute approximate surface area is 213 Å². The van der Waals surface area contributed by atoms with Crippen molar-refractivity contribution in [2.45, 2.75) is 26.6 Å². The molecule has 4 rings (SSSR count). The van der Waals surface area contributed by atoms with Crippen LogP contribution < -0.4 is 27.2 Å². The molecule has 0 radical (unpaired) electrons. The molecule has 0 spiro atoms. The Bertz CT molecular complexity index is 1510. The molecule has 0 unspecified atom stereocenters. The van der Waals surface area contributed by atoms with Crippen LogP contribution in [0.1, 0.15) is 34.0 Å². The number of carbonyl (C=O) groups excluding carboxylic acids is 2. The first-order chi connectivity index (χ1) is 17.8. The molecule has 0 aliphatic heterocycles. The Morgan fingerprint density at radius 2 is 1.46 bits per heavy atom. The highest BCUT2D eigenvalue weighted by atomic mass is 16.2. The van der Waals surface area contributed by atoms with Gasteiger partial charge in [0.05, 0.1) is 13.1 Å². The number of hydrogen-bond acceptors (Lipinski definition) is 5. The van der Waals surface area contributed by atoms with Gasteiger partial charge in [-0.1, -0.05) is 72.8 Å². The van der Waals surface area contributed by atoms with Crippen molar-refractivity contribution in [3.05, 3.63) is 128 Å². The van der Waals surface area contributed by atoms with E-state index in [0.29, 0.717) is 12.1 Å². The van der Waals surface area contributed by atoms with Gasteiger partial charge < -0.3 is 11.1 Å². The van der Waals surface area contributed by atoms with E-state index in [4.69, 9.17) is 5.73 Å². The number of H-pyrrole nitrogens is 1. The van der Waals surface area contributed by atoms with Gasteiger partial charge in [-0.05, 0) is 28.8 Å². The number of amides is 2. The Morgan fingerprint density at radius 1 is 0.865 bits per heavy atom. The van der Waals surface area contributed by atoms with E-state index in [9.17, 15) is 19.2 Å². The SMILES string of the molecule is CC(=O)NCc1ccc(C(=O)N(Cc2ccccc2)c2c(N)n(Cc3ccccc3)c(=O)[nH]c2=O)cc1. The van der Waals surface area contributed by atoms with E-state index in [2.05, 4.69) is 10.3 Å². The van der Waals surface area contributed by atoms with E-state index >= 15 is 0 Å². The molecule has 0 saturated heterocycles. The molecule has 0 atom stereocenters. The number of nitrogen functional groups attached to an aromatic ring is 1. The van der Waals surface area contributed by atoms with Gasteiger partial charge in [0.25, 0.3) is 11.5 Å². The summed E-state index contributed by atoms with van der Waals surface area (Å²) in [6.45, 7) is 1.94. The fourth-order valence-electron chi connectivity index (χ4n) is 3.93. The van der Waals surface area contributed by atoms with E-state index in [0.717, 1.165) is 16.7 Å². The molecule has 0 aliphatic rings. The molecule has 1 heterocycles. The second-order valence-electron chi connectivity index (χ2n) is 8.55. The first-order valence-corrected chi connectivity index (χ1v) is 11.7. The molecule has 0 fully saturated rings. The highest BCUT2D eigenvalue weighted by molar-refractivity contribution is 6.07. The van der Waals surface area contributed by atoms with Gasteiger partial charge in [-0.3, -0.25) is 28.8 Å². The summed E-state index contributed by atoms with van der Waals surface area (Å²) in [5.41, 5.74) is 7.61. The number of hydrogen-bond donors (Lipinski definition) is 3. The molecular formula is C28H27N5O4. The van der Waals surface area contributed by atoms with E-state index < -0.39 is 17.2 Å². The molecule has 37 heavy (non-hydrogen) atoms. The number of nitrogens with zero attached hydrogens (tertiary/aromatic N) is 2. The lowest BCUT2D eigenvalue weighted by Crippen LogP contribution is -2.41. The monoisotopic (exact) mass is 497 g/mol. The van der Waals surface area contributed by atoms with Gasteiger partial charge in [0, 0.05) is 19.0 Å². The third-order valence-electron chi connectivity index (χ3n) is 5.84. The molecule has 9 heteroatoms. The minimum Gasteiger partial charge on any atom is -0.383 e. The first-order valence-electron chi connectivity index (χ1n) is 11.7. The lowest BCUT2D eigenvalue weighted by molar-refractivity contribution is -0.119. The molecular weight excluding hydrogens is 470 g/mol. The standard InChI is InChI=1S/C28H27N5O4/c1-19(34)30-16-20-12-14-23(15-13-20)27(36)32(17-21-8-4-2-5-9-21)24-25(29)33(28(37)31-26(24)35)18-22-10-6-3-7-11-22/h2-15H,16-18,29H2,1H3,(H,30,34)(H,31,35,37). The van der Waals surface area contributed by atoms with Crippen LogP contribution in [-0.2, 0) is 24.4 Å². The molecule has 3 aromatic carbocycles. The topological polar surface area (TPSA) is 130 Å². The van der Waals surface area contributed by atoms with Crippen molar-refractivity contribution in [2.24, 2.45) is 0 Å². The second kappa shape index (κ2) is 11.2. The van der Waals surface area contributed by atoms with Gasteiger partial charge >= 0.3 is 5.69 Å². The zero-order chi connectivity index (χ0) is 26.4. The summed E-state index contributed by atoms with van der Waals surface area (Å²) >= 11 is 0. The highest BCUT2D eigenvalue weighted by Gasteiger charge is 2.26. The maximum atomic E-state index is 13.7. The van der Waals surface area contributed by atoms with Crippen LogP contribution in [-0.4, -0.2) is 21.4 Å². The molecule has 2 amide bonds. The zero-order valence-electron chi connectivity index (χ0n) is 20.3. The molecule has 0 bridgehead atoms. The van der Waals surface area contributed by atoms with Crippen LogP contribution in [0.5, 0.6) is 0 Å². The van der Waals surface area contributed by atoms with Crippen molar-refractivity contribution < 1.29 is 9.59 Å². The van der Waals surface area contributed by atoms with Crippen molar-refractivity contribution in [3.8, 4) is 0 Å². The van der Waals surface area contributed by atoms with Crippen LogP contribution in [0.4, 0.5) is 11.5 Å². The van der Waals surface area contributed by atoms with Crippen molar-refractivity contribution in [3.63, 3.8) is 0 Å². The van der Waals surface area contributed by atoms with Gasteiger partial charge in [0.2, 0.25) is 5.91 Å². The Hall–Kier alpha value is -4.92. The quantitative estimate of drug-likeness (QED) is 0.345. The summed E-state index contributed by atoms with van der Waals surface area (Å²) in [6, 6.07) is 25.1. The summed E-state index contributed by atoms with van der Waals surface area (Å²) in [5.74, 6) is -0.726. The number of nitrogens with one attached hydrogen (secondary N) is 2. The average Bonchev–Trinajstić information content (AvgIpc) is 2.90. The van der Waals surface area contributed by atoms with Crippen molar-refractivity contribution in [1.29, 1.82) is 0 Å². The minimum absolute atomic E-state index is 0.0597. The van der Waals surface area contributed by atoms with E-state index in [1.165, 1.54) is 16.4 Å². The Balaban J connectivity index is 1.76. The predicted octanol–water partition coefficient (Wildman–Crippen LogP) is 2.65. The number of rotatable bonds is 8. The number of nitrogens with two attached hydrogens (primary N) is 1. The van der Waals surface area contributed by atoms with Crippen LogP contribution in [0, 0.1) is 0 Å². The van der Waals surface area contributed by atoms with E-state index in [1.807, 2.05) is 60.7 Å². The molecule has 0 aliphatic carbocycles. The molecule has 4 aromatic rings. The summed E-state index contributed by atoms with van der Waals surface area (Å²) in [4.78, 5) is 54.3. The summed E-state index contributed by atoms with van der Waals surface area (Å²) in [6.07, 6.45) is 0. The van der Waals surface area contributed by atoms with Gasteiger partial charge in [0.1, 0.15) is 5.82 Å². The average molecular weight is 498 g/mol. The second-order valence-corrected chi connectivity index (χ2v) is 8.55. The Morgan fingerprint density at radius 3 is 2.05 bits per heavy atom. The minimum atomic E-state index is -0.752. The number of benzene rings is 3. The number of aromatic amines is 1. The predicted molar refractivity (Wildman–Crippen MR) is 142 cm³/mol. The van der Waals surface area contributed by atoms with Crippen LogP contribution in [0.2, 0.25) is 0 Å². The smallest absolute Gasteiger partial charge is 0.330 e. The number of aromatic nitrogens is 2. The lowest BCUT2D eigenvalue weighted by atomic mass is 10.1. The summed E-state index contributed by atoms with van der Waals surface area (Å²) < 4.78 is 1.24. The first kappa shape index (κ1) is 25.2. The van der Waals surface area contributed by atoms with Gasteiger partial charge in [-0.15, -0.1) is 0 Å². The van der Waals surface area contributed by atoms with E-state index in [-0.39, 0.29) is 30.5 Å². The van der Waals surface area contributed by atoms with Crippen molar-refractivity contribution in [1.82, 2.24) is 14.9 Å². The normalized spacial score (nSPS) is 10.6. The summed E-state index contributed by atoms with van der Waals surface area (Å²) in [5, 5.41) is 2.71. The maximum Gasteiger partial charge on any atom is 0.330 e. The molecule has 4 N–H and O–H groups in total. The van der Waals surface area contributed by atoms with Crippen LogP contribution in [0.3, 0.4) is 0 Å². The number of carbonyl (C=O) groups is 2. The van der Waals surface area contributed by atoms with Crippen LogP contribution in [0.25, 0.3) is 0 Å². The van der Waals surface area contributed by atoms with Gasteiger partial charge in [-0.2, -0.15) is 0 Å². The van der Waals surface area contributed by atoms with E-state index in [1.54, 1.807) is 24.3 Å². The van der Waals surface area contributed by atoms with Crippen LogP contribution in [0.15, 0.2) is 94.5 Å². The van der Waals surface area contributed by atoms with Crippen molar-refractivity contribution >= 4 is 23.3 Å². The maximum absolute atomic E-state index is 13.7. The fourth-order valence-corrected chi connectivity index (χ4v) is 3.93. The fraction of sp³-hybridized carbons (Fsp3) is 0.143. The molecule has 188 valence electrons. The third kappa shape index (κ3) is 6.02. The van der Waals surface area contributed by atoms with Gasteiger partial charge in [0.15, 0.2) is 5.69 Å². The lowest BCUT2D eigenvalue weighted by Gasteiger charge is -2.25. The van der Waals surface area contributed by atoms with Crippen molar-refractivity contribution in [2.75, 3.05) is 10.6 Å². The third-order valence-corrected chi connectivity index (χ3v) is 5.84. The molecule has 1 aromatic heterocycles. The highest BCUT2D eigenvalue weighted by Crippen LogP contribution is 2.23. The molecule has 9 nitrogen and oxygen atoms in total. The van der Waals surface area contributed by atoms with Crippen LogP contribution >= 0.6 is 0 Å². The van der Waals surface area contributed by atoms with Gasteiger partial charge in [-0.25, -0.2) is 4.79 Å². The number of anilines is 2. The largest absolute Gasteiger partial charge is 0.383 e.